The third kappa shape index (κ3) is 2.31. The first kappa shape index (κ1) is 12.8. The van der Waals surface area contributed by atoms with E-state index in [-0.39, 0.29) is 5.69 Å². The molecule has 1 aromatic rings. The van der Waals surface area contributed by atoms with Gasteiger partial charge in [0.25, 0.3) is 5.69 Å². The van der Waals surface area contributed by atoms with Crippen molar-refractivity contribution >= 4 is 11.4 Å². The van der Waals surface area contributed by atoms with Crippen molar-refractivity contribution in [2.24, 2.45) is 0 Å². The zero-order valence-corrected chi connectivity index (χ0v) is 10.8. The lowest BCUT2D eigenvalue weighted by Gasteiger charge is -2.22. The number of rotatable bonds is 3. The van der Waals surface area contributed by atoms with Gasteiger partial charge in [-0.2, -0.15) is 0 Å². The average Bonchev–Trinajstić information content (AvgIpc) is 2.69. The summed E-state index contributed by atoms with van der Waals surface area (Å²) in [6.07, 6.45) is 2.38. The van der Waals surface area contributed by atoms with Crippen molar-refractivity contribution in [1.82, 2.24) is 4.90 Å². The van der Waals surface area contributed by atoms with E-state index >= 15 is 0 Å². The number of hydrogen-bond acceptors (Lipinski definition) is 4. The van der Waals surface area contributed by atoms with Crippen LogP contribution in [0.5, 0.6) is 0 Å². The fourth-order valence-corrected chi connectivity index (χ4v) is 2.56. The fraction of sp³-hybridized carbons (Fsp3) is 0.538. The molecule has 0 amide bonds. The normalized spacial score (nSPS) is 20.2. The number of nitrogens with zero attached hydrogens (tertiary/aromatic N) is 2. The third-order valence-electron chi connectivity index (χ3n) is 3.82. The Bertz CT molecular complexity index is 474. The number of hydrogen-bond donors (Lipinski definition) is 1. The maximum absolute atomic E-state index is 10.9. The van der Waals surface area contributed by atoms with Crippen LogP contribution in [0.15, 0.2) is 12.1 Å². The first-order valence-electron chi connectivity index (χ1n) is 6.27. The average molecular weight is 249 g/mol. The van der Waals surface area contributed by atoms with Crippen molar-refractivity contribution < 1.29 is 4.92 Å². The van der Waals surface area contributed by atoms with E-state index in [1.165, 1.54) is 18.9 Å². The largest absolute Gasteiger partial charge is 0.393 e. The molecule has 98 valence electrons. The van der Waals surface area contributed by atoms with E-state index in [0.717, 1.165) is 17.7 Å². The fourth-order valence-electron chi connectivity index (χ4n) is 2.56. The van der Waals surface area contributed by atoms with E-state index in [2.05, 4.69) is 11.8 Å². The predicted octanol–water partition coefficient (Wildman–Crippen LogP) is 2.47. The van der Waals surface area contributed by atoms with E-state index in [0.29, 0.717) is 18.3 Å². The SMILES string of the molecule is Cc1ccc([N+](=O)[O-])c(N)c1CN1CCCC1C. The standard InChI is InChI=1S/C13H19N3O2/c1-9-5-6-12(16(17)18)13(14)11(9)8-15-7-3-4-10(15)2/h5-6,10H,3-4,7-8,14H2,1-2H3. The van der Waals surface area contributed by atoms with Gasteiger partial charge in [-0.1, -0.05) is 6.07 Å². The molecule has 1 heterocycles. The Kier molecular flexibility index (Phi) is 3.52. The molecule has 1 atom stereocenters. The van der Waals surface area contributed by atoms with Gasteiger partial charge in [0.2, 0.25) is 0 Å². The number of benzene rings is 1. The van der Waals surface area contributed by atoms with E-state index in [1.54, 1.807) is 6.07 Å². The van der Waals surface area contributed by atoms with E-state index in [1.807, 2.05) is 6.92 Å². The number of nitrogens with two attached hydrogens (primary N) is 1. The summed E-state index contributed by atoms with van der Waals surface area (Å²) < 4.78 is 0. The maximum Gasteiger partial charge on any atom is 0.292 e. The minimum absolute atomic E-state index is 0.0162. The maximum atomic E-state index is 10.9. The molecule has 0 spiro atoms. The molecule has 1 aliphatic rings. The highest BCUT2D eigenvalue weighted by Crippen LogP contribution is 2.30. The minimum atomic E-state index is -0.411. The zero-order chi connectivity index (χ0) is 13.3. The second-order valence-corrected chi connectivity index (χ2v) is 5.01. The predicted molar refractivity (Wildman–Crippen MR) is 71.4 cm³/mol. The van der Waals surface area contributed by atoms with Crippen molar-refractivity contribution in [1.29, 1.82) is 0 Å². The Hall–Kier alpha value is -1.62. The van der Waals surface area contributed by atoms with Gasteiger partial charge in [0, 0.05) is 18.7 Å². The molecule has 0 radical (unpaired) electrons. The summed E-state index contributed by atoms with van der Waals surface area (Å²) in [5, 5.41) is 10.9. The summed E-state index contributed by atoms with van der Waals surface area (Å²) in [4.78, 5) is 12.8. The van der Waals surface area contributed by atoms with Crippen LogP contribution in [0.25, 0.3) is 0 Å². The lowest BCUT2D eigenvalue weighted by molar-refractivity contribution is -0.384. The molecular formula is C13H19N3O2. The van der Waals surface area contributed by atoms with Gasteiger partial charge in [-0.25, -0.2) is 0 Å². The van der Waals surface area contributed by atoms with Gasteiger partial charge >= 0.3 is 0 Å². The molecule has 18 heavy (non-hydrogen) atoms. The molecule has 5 nitrogen and oxygen atoms in total. The molecule has 0 aliphatic carbocycles. The Morgan fingerprint density at radius 1 is 1.56 bits per heavy atom. The number of anilines is 1. The van der Waals surface area contributed by atoms with Crippen LogP contribution < -0.4 is 5.73 Å². The van der Waals surface area contributed by atoms with Crippen LogP contribution >= 0.6 is 0 Å². The zero-order valence-electron chi connectivity index (χ0n) is 10.8. The molecule has 2 N–H and O–H groups in total. The van der Waals surface area contributed by atoms with Gasteiger partial charge < -0.3 is 5.73 Å². The molecule has 1 saturated heterocycles. The van der Waals surface area contributed by atoms with Gasteiger partial charge in [-0.15, -0.1) is 0 Å². The Morgan fingerprint density at radius 2 is 2.28 bits per heavy atom. The summed E-state index contributed by atoms with van der Waals surface area (Å²) in [6.45, 7) is 5.90. The number of nitro groups is 1. The van der Waals surface area contributed by atoms with Crippen LogP contribution in [0.1, 0.15) is 30.9 Å². The van der Waals surface area contributed by atoms with Crippen molar-refractivity contribution in [2.75, 3.05) is 12.3 Å². The topological polar surface area (TPSA) is 72.4 Å². The van der Waals surface area contributed by atoms with Gasteiger partial charge in [-0.3, -0.25) is 15.0 Å². The molecule has 0 saturated carbocycles. The minimum Gasteiger partial charge on any atom is -0.393 e. The Labute approximate surface area is 107 Å². The van der Waals surface area contributed by atoms with E-state index < -0.39 is 4.92 Å². The number of nitro benzene ring substituents is 1. The smallest absolute Gasteiger partial charge is 0.292 e. The summed E-state index contributed by atoms with van der Waals surface area (Å²) in [6, 6.07) is 3.80. The summed E-state index contributed by atoms with van der Waals surface area (Å²) in [5.41, 5.74) is 8.20. The van der Waals surface area contributed by atoms with E-state index in [4.69, 9.17) is 5.73 Å². The summed E-state index contributed by atoms with van der Waals surface area (Å²) >= 11 is 0. The van der Waals surface area contributed by atoms with Crippen LogP contribution in [0.2, 0.25) is 0 Å². The van der Waals surface area contributed by atoms with Crippen LogP contribution in [-0.2, 0) is 6.54 Å². The molecule has 1 fully saturated rings. The van der Waals surface area contributed by atoms with Crippen LogP contribution in [0.4, 0.5) is 11.4 Å². The highest BCUT2D eigenvalue weighted by atomic mass is 16.6. The lowest BCUT2D eigenvalue weighted by Crippen LogP contribution is -2.27. The van der Waals surface area contributed by atoms with Crippen LogP contribution in [-0.4, -0.2) is 22.4 Å². The highest BCUT2D eigenvalue weighted by molar-refractivity contribution is 5.65. The quantitative estimate of drug-likeness (QED) is 0.507. The number of aryl methyl sites for hydroxylation is 1. The molecule has 0 aromatic heterocycles. The van der Waals surface area contributed by atoms with Gasteiger partial charge in [0.15, 0.2) is 0 Å². The molecule has 0 bridgehead atoms. The van der Waals surface area contributed by atoms with Crippen molar-refractivity contribution in [3.8, 4) is 0 Å². The van der Waals surface area contributed by atoms with Crippen LogP contribution in [0, 0.1) is 17.0 Å². The number of nitrogen functional groups attached to an aromatic ring is 1. The lowest BCUT2D eigenvalue weighted by atomic mass is 10.0. The van der Waals surface area contributed by atoms with Gasteiger partial charge in [0.1, 0.15) is 5.69 Å². The molecule has 2 rings (SSSR count). The first-order valence-corrected chi connectivity index (χ1v) is 6.27. The molecular weight excluding hydrogens is 230 g/mol. The summed E-state index contributed by atoms with van der Waals surface area (Å²) in [7, 11) is 0. The Balaban J connectivity index is 2.31. The van der Waals surface area contributed by atoms with Crippen molar-refractivity contribution in [2.45, 2.75) is 39.3 Å². The Morgan fingerprint density at radius 3 is 2.83 bits per heavy atom. The molecule has 1 unspecified atom stereocenters. The van der Waals surface area contributed by atoms with Crippen molar-refractivity contribution in [3.05, 3.63) is 33.4 Å². The molecule has 1 aliphatic heterocycles. The number of likely N-dealkylation sites (tertiary alicyclic amines) is 1. The summed E-state index contributed by atoms with van der Waals surface area (Å²) in [5.74, 6) is 0. The first-order chi connectivity index (χ1) is 8.50. The monoisotopic (exact) mass is 249 g/mol. The highest BCUT2D eigenvalue weighted by Gasteiger charge is 2.24. The van der Waals surface area contributed by atoms with Gasteiger partial charge in [0.05, 0.1) is 4.92 Å². The van der Waals surface area contributed by atoms with E-state index in [9.17, 15) is 10.1 Å². The molecule has 5 heteroatoms. The molecule has 1 aromatic carbocycles. The van der Waals surface area contributed by atoms with Crippen LogP contribution in [0.3, 0.4) is 0 Å². The van der Waals surface area contributed by atoms with Gasteiger partial charge in [-0.05, 0) is 44.4 Å². The van der Waals surface area contributed by atoms with Crippen molar-refractivity contribution in [3.63, 3.8) is 0 Å². The second-order valence-electron chi connectivity index (χ2n) is 5.01. The third-order valence-corrected chi connectivity index (χ3v) is 3.82. The second kappa shape index (κ2) is 4.94.